The zero-order valence-electron chi connectivity index (χ0n) is 68.1. The lowest BCUT2D eigenvalue weighted by Crippen LogP contribution is -2.45. The van der Waals surface area contributed by atoms with Crippen molar-refractivity contribution in [3.05, 3.63) is 180 Å². The van der Waals surface area contributed by atoms with Gasteiger partial charge in [0.25, 0.3) is 0 Å². The van der Waals surface area contributed by atoms with Crippen molar-refractivity contribution in [2.75, 3.05) is 9.80 Å². The summed E-state index contributed by atoms with van der Waals surface area (Å²) in [7, 11) is -11.3. The Bertz CT molecular complexity index is 5020. The van der Waals surface area contributed by atoms with Crippen LogP contribution in [0.2, 0.25) is 118 Å². The molecule has 0 spiro atoms. The van der Waals surface area contributed by atoms with Crippen molar-refractivity contribution in [1.29, 1.82) is 0 Å². The molecule has 0 aliphatic heterocycles. The summed E-state index contributed by atoms with van der Waals surface area (Å²) in [4.78, 5) is 5.85. The number of nitrogens with zero attached hydrogens (tertiary/aromatic N) is 2. The molecule has 10 aromatic carbocycles. The number of hydrogen-bond acceptors (Lipinski definition) is 2. The van der Waals surface area contributed by atoms with Crippen LogP contribution in [0.1, 0.15) is 149 Å². The number of fused-ring (bicyclic) bond motifs is 12. The third kappa shape index (κ3) is 12.7. The first-order chi connectivity index (χ1) is 50.2. The lowest BCUT2D eigenvalue weighted by Gasteiger charge is -2.35. The Labute approximate surface area is 644 Å². The van der Waals surface area contributed by atoms with Crippen LogP contribution >= 0.6 is 0 Å². The van der Waals surface area contributed by atoms with Crippen LogP contribution in [0, 0.1) is 47.3 Å². The van der Waals surface area contributed by atoms with Gasteiger partial charge in [0.1, 0.15) is 0 Å². The monoisotopic (exact) mass is 1500 g/mol. The van der Waals surface area contributed by atoms with E-state index in [4.69, 9.17) is 0 Å². The minimum Gasteiger partial charge on any atom is -0.309 e. The average molecular weight is 1500 g/mol. The fourth-order valence-corrected chi connectivity index (χ4v) is 30.6. The van der Waals surface area contributed by atoms with Crippen molar-refractivity contribution >= 4 is 157 Å². The highest BCUT2D eigenvalue weighted by molar-refractivity contribution is 6.93. The molecule has 106 heavy (non-hydrogen) atoms. The normalized spacial score (nSPS) is 25.8. The molecule has 8 aliphatic carbocycles. The Morgan fingerprint density at radius 2 is 0.491 bits per heavy atom. The summed E-state index contributed by atoms with van der Waals surface area (Å²) >= 11 is 0. The van der Waals surface area contributed by atoms with E-state index < -0.39 is 48.4 Å². The van der Waals surface area contributed by atoms with Crippen LogP contribution < -0.4 is 40.9 Å². The van der Waals surface area contributed by atoms with Gasteiger partial charge >= 0.3 is 0 Å². The van der Waals surface area contributed by atoms with Gasteiger partial charge in [0, 0.05) is 44.3 Å². The van der Waals surface area contributed by atoms with Crippen LogP contribution in [0.25, 0.3) is 54.2 Å². The summed E-state index contributed by atoms with van der Waals surface area (Å²) < 4.78 is 0. The van der Waals surface area contributed by atoms with Gasteiger partial charge in [0.2, 0.25) is 0 Å². The lowest BCUT2D eigenvalue weighted by atomic mass is 9.78. The second-order valence-electron chi connectivity index (χ2n) is 42.6. The molecule has 8 bridgehead atoms. The predicted octanol–water partition coefficient (Wildman–Crippen LogP) is 25.8. The standard InChI is InChI=1S/C98H124N2Si6/c1-101(2,3)77-36-38-88-93(59-77)96(84-24-20-21-25-86(84)97(88)99(75-53-79(103(7,8)9)57-80(54-75)104(10,11)12)73-49-69(89-43-61-27-31-65(89)39-61)47-70(50-73)90-44-62-28-32-66(90)40-62)95-83-23-19-22-26-87(83)98(94-60-78(102(4,5)6)35-37-85(94)95)100(76-55-81(105(13,14)15)58-82(56-76)106(16,17)18)74-51-71(91-45-63-29-33-67(91)41-63)48-72(52-74)92-46-64-30-34-68(92)42-64/h19-26,35-38,47-68,89-92H,27-34,39-46H2,1-18H3. The highest BCUT2D eigenvalue weighted by Gasteiger charge is 2.46. The molecule has 10 aromatic rings. The van der Waals surface area contributed by atoms with Gasteiger partial charge in [0.05, 0.1) is 59.8 Å². The van der Waals surface area contributed by atoms with E-state index in [1.54, 1.807) is 43.0 Å². The van der Waals surface area contributed by atoms with E-state index in [1.165, 1.54) is 201 Å². The van der Waals surface area contributed by atoms with Gasteiger partial charge in [-0.2, -0.15) is 0 Å². The van der Waals surface area contributed by atoms with Crippen LogP contribution in [0.4, 0.5) is 34.1 Å². The van der Waals surface area contributed by atoms with Crippen molar-refractivity contribution in [2.45, 2.75) is 244 Å². The molecule has 0 saturated heterocycles. The number of benzene rings is 10. The SMILES string of the molecule is C[Si](C)(C)c1cc(N(c2cc(C3CC4CCC3C4)cc(C3CC4CCC3C4)c2)c2c3ccccc3c(-c3c4ccccc4c(N(c4cc(C5CC6CCC5C6)cc(C5CC6CCC5C6)c4)c4cc([Si](C)(C)C)cc([Si](C)(C)C)c4)c4cc([Si](C)(C)C)ccc34)c3cc([Si](C)(C)C)ccc23)cc([Si](C)(C)C)c1. The van der Waals surface area contributed by atoms with Crippen LogP contribution in [-0.2, 0) is 0 Å². The van der Waals surface area contributed by atoms with E-state index in [-0.39, 0.29) is 0 Å². The fraction of sp³-hybridized carbons (Fsp3) is 0.469. The maximum Gasteiger partial charge on any atom is 0.0776 e. The molecule has 12 atom stereocenters. The van der Waals surface area contributed by atoms with Gasteiger partial charge in [-0.1, -0.05) is 284 Å². The molecule has 0 amide bonds. The highest BCUT2D eigenvalue weighted by Crippen LogP contribution is 2.61. The van der Waals surface area contributed by atoms with Crippen molar-refractivity contribution in [3.63, 3.8) is 0 Å². The molecule has 0 N–H and O–H groups in total. The Morgan fingerprint density at radius 1 is 0.226 bits per heavy atom. The molecule has 550 valence electrons. The molecule has 8 aliphatic rings. The van der Waals surface area contributed by atoms with Crippen molar-refractivity contribution in [1.82, 2.24) is 0 Å². The predicted molar refractivity (Wildman–Crippen MR) is 482 cm³/mol. The molecule has 0 aromatic heterocycles. The largest absolute Gasteiger partial charge is 0.309 e. The third-order valence-electron chi connectivity index (χ3n) is 29.3. The van der Waals surface area contributed by atoms with Gasteiger partial charge < -0.3 is 9.80 Å². The second-order valence-corrected chi connectivity index (χ2v) is 73.1. The van der Waals surface area contributed by atoms with Crippen LogP contribution in [0.3, 0.4) is 0 Å². The highest BCUT2D eigenvalue weighted by atomic mass is 28.3. The van der Waals surface area contributed by atoms with Gasteiger partial charge in [-0.25, -0.2) is 0 Å². The van der Waals surface area contributed by atoms with Gasteiger partial charge in [-0.05, 0) is 252 Å². The molecule has 8 heteroatoms. The topological polar surface area (TPSA) is 6.48 Å². The molecular weight excluding hydrogens is 1370 g/mol. The second kappa shape index (κ2) is 25.9. The summed E-state index contributed by atoms with van der Waals surface area (Å²) in [6, 6.07) is 68.9. The van der Waals surface area contributed by atoms with Gasteiger partial charge in [0.15, 0.2) is 0 Å². The summed E-state index contributed by atoms with van der Waals surface area (Å²) in [5.41, 5.74) is 17.6. The average Bonchev–Trinajstić information content (AvgIpc) is 1.13. The van der Waals surface area contributed by atoms with Gasteiger partial charge in [-0.3, -0.25) is 0 Å². The Kier molecular flexibility index (Phi) is 17.5. The zero-order chi connectivity index (χ0) is 73.8. The molecular formula is C98H124N2Si6. The minimum atomic E-state index is -1.94. The Hall–Kier alpha value is -5.86. The summed E-state index contributed by atoms with van der Waals surface area (Å²) in [6.07, 6.45) is 22.4. The fourth-order valence-electron chi connectivity index (χ4n) is 23.3. The van der Waals surface area contributed by atoms with Crippen LogP contribution in [-0.4, -0.2) is 48.4 Å². The molecule has 8 saturated carbocycles. The maximum absolute atomic E-state index is 2.93. The molecule has 8 fully saturated rings. The van der Waals surface area contributed by atoms with Crippen LogP contribution in [0.5, 0.6) is 0 Å². The summed E-state index contributed by atoms with van der Waals surface area (Å²) in [5.74, 6) is 9.17. The smallest absolute Gasteiger partial charge is 0.0776 e. The molecule has 2 nitrogen and oxygen atoms in total. The quantitative estimate of drug-likeness (QED) is 0.0662. The van der Waals surface area contributed by atoms with Crippen molar-refractivity contribution in [2.24, 2.45) is 47.3 Å². The minimum absolute atomic E-state index is 0.627. The molecule has 12 unspecified atom stereocenters. The Balaban J connectivity index is 0.965. The lowest BCUT2D eigenvalue weighted by molar-refractivity contribution is 0.412. The number of anilines is 6. The Morgan fingerprint density at radius 3 is 0.792 bits per heavy atom. The number of hydrogen-bond donors (Lipinski definition) is 0. The zero-order valence-corrected chi connectivity index (χ0v) is 74.1. The van der Waals surface area contributed by atoms with Crippen molar-refractivity contribution < 1.29 is 0 Å². The van der Waals surface area contributed by atoms with E-state index in [0.717, 1.165) is 47.3 Å². The van der Waals surface area contributed by atoms with E-state index >= 15 is 0 Å². The van der Waals surface area contributed by atoms with E-state index in [2.05, 4.69) is 285 Å². The molecule has 18 rings (SSSR count). The number of rotatable bonds is 17. The van der Waals surface area contributed by atoms with E-state index in [9.17, 15) is 0 Å². The van der Waals surface area contributed by atoms with Crippen LogP contribution in [0.15, 0.2) is 158 Å². The summed E-state index contributed by atoms with van der Waals surface area (Å²) in [5, 5.41) is 20.3. The summed E-state index contributed by atoms with van der Waals surface area (Å²) in [6.45, 7) is 46.7. The van der Waals surface area contributed by atoms with Crippen molar-refractivity contribution in [3.8, 4) is 11.1 Å². The maximum atomic E-state index is 2.93. The molecule has 0 heterocycles. The third-order valence-corrected chi connectivity index (χ3v) is 41.5. The van der Waals surface area contributed by atoms with E-state index in [0.29, 0.717) is 23.7 Å². The molecule has 0 radical (unpaired) electrons. The first-order valence-electron chi connectivity index (χ1n) is 42.4. The first kappa shape index (κ1) is 71.7. The van der Waals surface area contributed by atoms with Gasteiger partial charge in [-0.15, -0.1) is 0 Å². The first-order valence-corrected chi connectivity index (χ1v) is 63.4. The van der Waals surface area contributed by atoms with E-state index in [1.807, 2.05) is 0 Å².